The van der Waals surface area contributed by atoms with E-state index in [4.69, 9.17) is 10.9 Å². The molecule has 0 saturated carbocycles. The molecule has 0 bridgehead atoms. The molecule has 0 heterocycles. The standard InChI is InChI=1S/C10H14BrN3O/c11-9-3-1-8(2-4-9)7-13-6-5-10(12)14-15/h1-4,13,15H,5-7H2,(H2,12,14). The van der Waals surface area contributed by atoms with Gasteiger partial charge in [-0.1, -0.05) is 33.2 Å². The molecule has 4 N–H and O–H groups in total. The number of benzene rings is 1. The molecule has 0 spiro atoms. The van der Waals surface area contributed by atoms with Gasteiger partial charge in [0.05, 0.1) is 0 Å². The first-order valence-electron chi connectivity index (χ1n) is 4.64. The number of oxime groups is 1. The van der Waals surface area contributed by atoms with Crippen LogP contribution in [0, 0.1) is 0 Å². The maximum absolute atomic E-state index is 8.31. The number of halogens is 1. The largest absolute Gasteiger partial charge is 0.409 e. The van der Waals surface area contributed by atoms with E-state index < -0.39 is 0 Å². The van der Waals surface area contributed by atoms with E-state index in [9.17, 15) is 0 Å². The number of rotatable bonds is 5. The van der Waals surface area contributed by atoms with Crippen molar-refractivity contribution in [1.82, 2.24) is 5.32 Å². The van der Waals surface area contributed by atoms with Gasteiger partial charge in [0.1, 0.15) is 5.84 Å². The van der Waals surface area contributed by atoms with E-state index in [2.05, 4.69) is 26.4 Å². The summed E-state index contributed by atoms with van der Waals surface area (Å²) in [6, 6.07) is 8.09. The van der Waals surface area contributed by atoms with Crippen molar-refractivity contribution in [3.05, 3.63) is 34.3 Å². The zero-order valence-electron chi connectivity index (χ0n) is 8.28. The second kappa shape index (κ2) is 6.42. The summed E-state index contributed by atoms with van der Waals surface area (Å²) in [5.41, 5.74) is 6.53. The summed E-state index contributed by atoms with van der Waals surface area (Å²) in [5.74, 6) is 0.248. The van der Waals surface area contributed by atoms with Crippen LogP contribution in [0.5, 0.6) is 0 Å². The normalized spacial score (nSPS) is 11.7. The molecule has 1 aromatic carbocycles. The van der Waals surface area contributed by atoms with Crippen molar-refractivity contribution in [3.8, 4) is 0 Å². The van der Waals surface area contributed by atoms with Crippen molar-refractivity contribution < 1.29 is 5.21 Å². The number of amidine groups is 1. The molecule has 0 unspecified atom stereocenters. The van der Waals surface area contributed by atoms with Crippen LogP contribution in [0.15, 0.2) is 33.9 Å². The fourth-order valence-electron chi connectivity index (χ4n) is 1.10. The minimum atomic E-state index is 0.248. The van der Waals surface area contributed by atoms with Crippen LogP contribution >= 0.6 is 15.9 Å². The van der Waals surface area contributed by atoms with E-state index in [-0.39, 0.29) is 5.84 Å². The lowest BCUT2D eigenvalue weighted by Gasteiger charge is -2.04. The van der Waals surface area contributed by atoms with E-state index >= 15 is 0 Å². The maximum atomic E-state index is 8.31. The first kappa shape index (κ1) is 12.0. The highest BCUT2D eigenvalue weighted by atomic mass is 79.9. The Morgan fingerprint density at radius 1 is 1.40 bits per heavy atom. The quantitative estimate of drug-likeness (QED) is 0.251. The van der Waals surface area contributed by atoms with Crippen LogP contribution in [-0.4, -0.2) is 17.6 Å². The summed E-state index contributed by atoms with van der Waals surface area (Å²) >= 11 is 3.38. The third-order valence-corrected chi connectivity index (χ3v) is 2.46. The van der Waals surface area contributed by atoms with Crippen LogP contribution < -0.4 is 11.1 Å². The molecule has 1 aromatic rings. The summed E-state index contributed by atoms with van der Waals surface area (Å²) in [6.45, 7) is 1.48. The molecule has 0 aliphatic rings. The minimum absolute atomic E-state index is 0.248. The van der Waals surface area contributed by atoms with Crippen molar-refractivity contribution >= 4 is 21.8 Å². The predicted molar refractivity (Wildman–Crippen MR) is 63.9 cm³/mol. The highest BCUT2D eigenvalue weighted by molar-refractivity contribution is 9.10. The summed E-state index contributed by atoms with van der Waals surface area (Å²) < 4.78 is 1.07. The average Bonchev–Trinajstić information content (AvgIpc) is 2.26. The van der Waals surface area contributed by atoms with Crippen molar-refractivity contribution in [3.63, 3.8) is 0 Å². The van der Waals surface area contributed by atoms with Crippen LogP contribution in [0.1, 0.15) is 12.0 Å². The van der Waals surface area contributed by atoms with Crippen LogP contribution in [0.4, 0.5) is 0 Å². The van der Waals surface area contributed by atoms with E-state index in [0.29, 0.717) is 13.0 Å². The van der Waals surface area contributed by atoms with Gasteiger partial charge in [-0.15, -0.1) is 0 Å². The number of nitrogens with two attached hydrogens (primary N) is 1. The third kappa shape index (κ3) is 4.80. The highest BCUT2D eigenvalue weighted by Gasteiger charge is 1.94. The molecule has 0 aliphatic carbocycles. The molecular formula is C10H14BrN3O. The molecule has 0 amide bonds. The lowest BCUT2D eigenvalue weighted by atomic mass is 10.2. The van der Waals surface area contributed by atoms with E-state index in [1.165, 1.54) is 5.56 Å². The molecule has 0 saturated heterocycles. The molecule has 0 atom stereocenters. The fourth-order valence-corrected chi connectivity index (χ4v) is 1.37. The Morgan fingerprint density at radius 3 is 2.67 bits per heavy atom. The topological polar surface area (TPSA) is 70.6 Å². The molecule has 4 nitrogen and oxygen atoms in total. The highest BCUT2D eigenvalue weighted by Crippen LogP contribution is 2.09. The van der Waals surface area contributed by atoms with Gasteiger partial charge >= 0.3 is 0 Å². The van der Waals surface area contributed by atoms with Crippen LogP contribution in [0.3, 0.4) is 0 Å². The minimum Gasteiger partial charge on any atom is -0.409 e. The third-order valence-electron chi connectivity index (χ3n) is 1.93. The first-order valence-corrected chi connectivity index (χ1v) is 5.43. The smallest absolute Gasteiger partial charge is 0.140 e. The van der Waals surface area contributed by atoms with Gasteiger partial charge in [0.2, 0.25) is 0 Å². The molecule has 0 fully saturated rings. The Hall–Kier alpha value is -1.07. The average molecular weight is 272 g/mol. The fraction of sp³-hybridized carbons (Fsp3) is 0.300. The van der Waals surface area contributed by atoms with Crippen LogP contribution in [-0.2, 0) is 6.54 Å². The molecule has 5 heteroatoms. The monoisotopic (exact) mass is 271 g/mol. The molecule has 0 aliphatic heterocycles. The van der Waals surface area contributed by atoms with Gasteiger partial charge in [0, 0.05) is 24.0 Å². The summed E-state index contributed by atoms with van der Waals surface area (Å²) in [5, 5.41) is 14.4. The summed E-state index contributed by atoms with van der Waals surface area (Å²) in [4.78, 5) is 0. The molecule has 0 aromatic heterocycles. The van der Waals surface area contributed by atoms with Gasteiger partial charge in [-0.25, -0.2) is 0 Å². The number of nitrogens with one attached hydrogen (secondary N) is 1. The van der Waals surface area contributed by atoms with Crippen molar-refractivity contribution in [2.75, 3.05) is 6.54 Å². The van der Waals surface area contributed by atoms with Gasteiger partial charge in [-0.3, -0.25) is 0 Å². The van der Waals surface area contributed by atoms with Gasteiger partial charge in [0.25, 0.3) is 0 Å². The van der Waals surface area contributed by atoms with Crippen molar-refractivity contribution in [2.24, 2.45) is 10.9 Å². The first-order chi connectivity index (χ1) is 7.22. The Kier molecular flexibility index (Phi) is 5.14. The van der Waals surface area contributed by atoms with Crippen LogP contribution in [0.25, 0.3) is 0 Å². The Bertz CT molecular complexity index is 324. The van der Waals surface area contributed by atoms with E-state index in [1.807, 2.05) is 24.3 Å². The Labute approximate surface area is 97.3 Å². The van der Waals surface area contributed by atoms with E-state index in [1.54, 1.807) is 0 Å². The SMILES string of the molecule is NC(CCNCc1ccc(Br)cc1)=NO. The van der Waals surface area contributed by atoms with Crippen LogP contribution in [0.2, 0.25) is 0 Å². The zero-order chi connectivity index (χ0) is 11.1. The molecule has 0 radical (unpaired) electrons. The molecule has 15 heavy (non-hydrogen) atoms. The number of hydrogen-bond donors (Lipinski definition) is 3. The van der Waals surface area contributed by atoms with E-state index in [0.717, 1.165) is 11.0 Å². The van der Waals surface area contributed by atoms with Crippen molar-refractivity contribution in [1.29, 1.82) is 0 Å². The maximum Gasteiger partial charge on any atom is 0.140 e. The lowest BCUT2D eigenvalue weighted by Crippen LogP contribution is -2.21. The predicted octanol–water partition coefficient (Wildman–Crippen LogP) is 1.68. The van der Waals surface area contributed by atoms with Gasteiger partial charge in [-0.05, 0) is 17.7 Å². The zero-order valence-corrected chi connectivity index (χ0v) is 9.87. The number of nitrogens with zero attached hydrogens (tertiary/aromatic N) is 1. The summed E-state index contributed by atoms with van der Waals surface area (Å²) in [6.07, 6.45) is 0.549. The lowest BCUT2D eigenvalue weighted by molar-refractivity contribution is 0.316. The van der Waals surface area contributed by atoms with Gasteiger partial charge < -0.3 is 16.3 Å². The summed E-state index contributed by atoms with van der Waals surface area (Å²) in [7, 11) is 0. The van der Waals surface area contributed by atoms with Gasteiger partial charge in [0.15, 0.2) is 0 Å². The number of hydrogen-bond acceptors (Lipinski definition) is 3. The second-order valence-corrected chi connectivity index (χ2v) is 4.06. The van der Waals surface area contributed by atoms with Gasteiger partial charge in [-0.2, -0.15) is 0 Å². The van der Waals surface area contributed by atoms with Crippen molar-refractivity contribution in [2.45, 2.75) is 13.0 Å². The second-order valence-electron chi connectivity index (χ2n) is 3.14. The molecule has 1 rings (SSSR count). The molecular weight excluding hydrogens is 258 g/mol. The Morgan fingerprint density at radius 2 is 2.07 bits per heavy atom. The molecule has 82 valence electrons. The Balaban J connectivity index is 2.23.